The minimum absolute atomic E-state index is 0.0708. The summed E-state index contributed by atoms with van der Waals surface area (Å²) in [5.74, 6) is 2.26. The molecule has 3 rings (SSSR count). The lowest BCUT2D eigenvalue weighted by Crippen LogP contribution is -2.15. The number of alkyl halides is 1. The second-order valence-corrected chi connectivity index (χ2v) is 7.49. The van der Waals surface area contributed by atoms with Gasteiger partial charge in [-0.15, -0.1) is 11.6 Å². The Bertz CT molecular complexity index is 610. The van der Waals surface area contributed by atoms with Crippen molar-refractivity contribution in [3.05, 3.63) is 11.5 Å². The van der Waals surface area contributed by atoms with Crippen LogP contribution in [0.25, 0.3) is 11.2 Å². The fourth-order valence-electron chi connectivity index (χ4n) is 2.97. The summed E-state index contributed by atoms with van der Waals surface area (Å²) < 4.78 is 4.26. The van der Waals surface area contributed by atoms with Crippen LogP contribution < -0.4 is 0 Å². The van der Waals surface area contributed by atoms with Gasteiger partial charge in [-0.3, -0.25) is 4.68 Å². The van der Waals surface area contributed by atoms with E-state index in [1.54, 1.807) is 0 Å². The molecule has 6 heteroatoms. The number of halogens is 1. The van der Waals surface area contributed by atoms with Gasteiger partial charge >= 0.3 is 0 Å². The average molecular weight is 313 g/mol. The number of hydrogen-bond acceptors (Lipinski definition) is 3. The van der Waals surface area contributed by atoms with Gasteiger partial charge in [0.2, 0.25) is 0 Å². The number of thioether (sulfide) groups is 1. The predicted molar refractivity (Wildman–Crippen MR) is 85.6 cm³/mol. The summed E-state index contributed by atoms with van der Waals surface area (Å²) in [6.45, 7) is 5.12. The SMILES string of the molecule is CCc1nn(C)c2c1nc(C(C)Cl)n2CC1CCCS1. The fourth-order valence-corrected chi connectivity index (χ4v) is 4.39. The molecule has 0 amide bonds. The summed E-state index contributed by atoms with van der Waals surface area (Å²) in [6, 6.07) is 0. The van der Waals surface area contributed by atoms with Gasteiger partial charge < -0.3 is 4.57 Å². The quantitative estimate of drug-likeness (QED) is 0.810. The van der Waals surface area contributed by atoms with Gasteiger partial charge in [0.15, 0.2) is 5.65 Å². The Labute approximate surface area is 128 Å². The molecule has 1 fully saturated rings. The molecule has 1 aliphatic heterocycles. The average Bonchev–Trinajstić information content (AvgIpc) is 3.08. The largest absolute Gasteiger partial charge is 0.311 e. The van der Waals surface area contributed by atoms with Crippen molar-refractivity contribution in [3.63, 3.8) is 0 Å². The lowest BCUT2D eigenvalue weighted by Gasteiger charge is -2.14. The summed E-state index contributed by atoms with van der Waals surface area (Å²) in [6.07, 6.45) is 3.52. The van der Waals surface area contributed by atoms with E-state index in [1.165, 1.54) is 18.6 Å². The van der Waals surface area contributed by atoms with Crippen molar-refractivity contribution in [3.8, 4) is 0 Å². The third kappa shape index (κ3) is 2.35. The molecule has 1 aliphatic rings. The summed E-state index contributed by atoms with van der Waals surface area (Å²) in [7, 11) is 2.00. The Balaban J connectivity index is 2.10. The molecule has 0 radical (unpaired) electrons. The summed E-state index contributed by atoms with van der Waals surface area (Å²) in [5.41, 5.74) is 3.22. The van der Waals surface area contributed by atoms with E-state index in [-0.39, 0.29) is 5.38 Å². The normalized spacial score (nSPS) is 20.9. The minimum atomic E-state index is -0.0708. The van der Waals surface area contributed by atoms with Gasteiger partial charge in [-0.1, -0.05) is 6.92 Å². The van der Waals surface area contributed by atoms with Crippen molar-refractivity contribution in [2.45, 2.75) is 50.3 Å². The van der Waals surface area contributed by atoms with Crippen LogP contribution in [-0.4, -0.2) is 30.3 Å². The molecule has 0 spiro atoms. The molecule has 2 aromatic rings. The van der Waals surface area contributed by atoms with Crippen LogP contribution in [0.15, 0.2) is 0 Å². The van der Waals surface area contributed by atoms with Crippen molar-refractivity contribution in [1.82, 2.24) is 19.3 Å². The summed E-state index contributed by atoms with van der Waals surface area (Å²) in [5, 5.41) is 5.20. The number of imidazole rings is 1. The minimum Gasteiger partial charge on any atom is -0.311 e. The van der Waals surface area contributed by atoms with E-state index in [1.807, 2.05) is 18.7 Å². The van der Waals surface area contributed by atoms with Gasteiger partial charge in [0.05, 0.1) is 11.1 Å². The zero-order valence-electron chi connectivity index (χ0n) is 12.3. The molecule has 0 bridgehead atoms. The molecule has 3 heterocycles. The van der Waals surface area contributed by atoms with Crippen LogP contribution in [-0.2, 0) is 20.0 Å². The van der Waals surface area contributed by atoms with Crippen LogP contribution in [0.3, 0.4) is 0 Å². The highest BCUT2D eigenvalue weighted by molar-refractivity contribution is 8.00. The van der Waals surface area contributed by atoms with Crippen molar-refractivity contribution < 1.29 is 0 Å². The summed E-state index contributed by atoms with van der Waals surface area (Å²) >= 11 is 8.42. The Morgan fingerprint density at radius 1 is 1.50 bits per heavy atom. The van der Waals surface area contributed by atoms with E-state index in [4.69, 9.17) is 16.6 Å². The highest BCUT2D eigenvalue weighted by atomic mass is 35.5. The number of nitrogens with zero attached hydrogens (tertiary/aromatic N) is 4. The number of hydrogen-bond donors (Lipinski definition) is 0. The lowest BCUT2D eigenvalue weighted by molar-refractivity contribution is 0.603. The maximum Gasteiger partial charge on any atom is 0.158 e. The zero-order chi connectivity index (χ0) is 14.3. The smallest absolute Gasteiger partial charge is 0.158 e. The van der Waals surface area contributed by atoms with Crippen molar-refractivity contribution in [2.75, 3.05) is 5.75 Å². The molecule has 2 aromatic heterocycles. The molecule has 20 heavy (non-hydrogen) atoms. The molecule has 4 nitrogen and oxygen atoms in total. The van der Waals surface area contributed by atoms with Crippen LogP contribution in [0.4, 0.5) is 0 Å². The number of aryl methyl sites for hydroxylation is 2. The first-order valence-electron chi connectivity index (χ1n) is 7.29. The Hall–Kier alpha value is -0.680. The Morgan fingerprint density at radius 3 is 2.90 bits per heavy atom. The monoisotopic (exact) mass is 312 g/mol. The van der Waals surface area contributed by atoms with E-state index >= 15 is 0 Å². The van der Waals surface area contributed by atoms with E-state index in [9.17, 15) is 0 Å². The highest BCUT2D eigenvalue weighted by Gasteiger charge is 2.24. The van der Waals surface area contributed by atoms with Gasteiger partial charge in [-0.2, -0.15) is 16.9 Å². The van der Waals surface area contributed by atoms with Gasteiger partial charge in [-0.25, -0.2) is 4.98 Å². The molecular formula is C14H21ClN4S. The maximum absolute atomic E-state index is 6.35. The molecule has 2 atom stereocenters. The number of rotatable bonds is 4. The van der Waals surface area contributed by atoms with E-state index in [0.717, 1.165) is 35.6 Å². The molecule has 2 unspecified atom stereocenters. The number of fused-ring (bicyclic) bond motifs is 1. The molecule has 0 aliphatic carbocycles. The third-order valence-electron chi connectivity index (χ3n) is 3.92. The summed E-state index contributed by atoms with van der Waals surface area (Å²) in [4.78, 5) is 4.78. The fraction of sp³-hybridized carbons (Fsp3) is 0.714. The third-order valence-corrected chi connectivity index (χ3v) is 5.50. The molecular weight excluding hydrogens is 292 g/mol. The zero-order valence-corrected chi connectivity index (χ0v) is 13.8. The van der Waals surface area contributed by atoms with Crippen molar-refractivity contribution >= 4 is 34.5 Å². The second kappa shape index (κ2) is 5.60. The van der Waals surface area contributed by atoms with Gasteiger partial charge in [-0.05, 0) is 31.9 Å². The van der Waals surface area contributed by atoms with Crippen molar-refractivity contribution in [1.29, 1.82) is 0 Å². The number of aromatic nitrogens is 4. The van der Waals surface area contributed by atoms with Crippen LogP contribution in [0.5, 0.6) is 0 Å². The topological polar surface area (TPSA) is 35.6 Å². The van der Waals surface area contributed by atoms with E-state index in [0.29, 0.717) is 5.25 Å². The van der Waals surface area contributed by atoms with Crippen LogP contribution in [0, 0.1) is 0 Å². The van der Waals surface area contributed by atoms with Gasteiger partial charge in [0.1, 0.15) is 11.3 Å². The molecule has 0 saturated carbocycles. The highest BCUT2D eigenvalue weighted by Crippen LogP contribution is 2.32. The first kappa shape index (κ1) is 14.3. The predicted octanol–water partition coefficient (Wildman–Crippen LogP) is 3.53. The second-order valence-electron chi connectivity index (χ2n) is 5.43. The Kier molecular flexibility index (Phi) is 4.00. The van der Waals surface area contributed by atoms with Crippen LogP contribution >= 0.6 is 23.4 Å². The molecule has 0 aromatic carbocycles. The van der Waals surface area contributed by atoms with E-state index in [2.05, 4.69) is 28.4 Å². The standard InChI is InChI=1S/C14H21ClN4S/c1-4-11-12-14(18(3)17-11)19(13(16-12)9(2)15)8-10-6-5-7-20-10/h9-10H,4-8H2,1-3H3. The first-order chi connectivity index (χ1) is 9.61. The lowest BCUT2D eigenvalue weighted by atomic mass is 10.2. The first-order valence-corrected chi connectivity index (χ1v) is 8.78. The van der Waals surface area contributed by atoms with Crippen LogP contribution in [0.2, 0.25) is 0 Å². The maximum atomic E-state index is 6.35. The van der Waals surface area contributed by atoms with Gasteiger partial charge in [0, 0.05) is 18.8 Å². The molecule has 110 valence electrons. The van der Waals surface area contributed by atoms with Crippen LogP contribution in [0.1, 0.15) is 43.6 Å². The van der Waals surface area contributed by atoms with E-state index < -0.39 is 0 Å². The molecule has 0 N–H and O–H groups in total. The van der Waals surface area contributed by atoms with Crippen molar-refractivity contribution in [2.24, 2.45) is 7.05 Å². The Morgan fingerprint density at radius 2 is 2.30 bits per heavy atom. The molecule has 1 saturated heterocycles. The van der Waals surface area contributed by atoms with Gasteiger partial charge in [0.25, 0.3) is 0 Å².